The van der Waals surface area contributed by atoms with Gasteiger partial charge in [-0.25, -0.2) is 0 Å². The first kappa shape index (κ1) is 35.0. The zero-order valence-corrected chi connectivity index (χ0v) is 22.6. The lowest BCUT2D eigenvalue weighted by molar-refractivity contribution is -0.144. The van der Waals surface area contributed by atoms with Crippen LogP contribution in [0, 0.1) is 23.2 Å². The van der Waals surface area contributed by atoms with E-state index in [2.05, 4.69) is 19.6 Å². The Morgan fingerprint density at radius 3 is 1.78 bits per heavy atom. The van der Waals surface area contributed by atoms with Gasteiger partial charge in [0.1, 0.15) is 12.1 Å². The lowest BCUT2D eigenvalue weighted by Gasteiger charge is -2.29. The molecule has 1 rings (SSSR count). The summed E-state index contributed by atoms with van der Waals surface area (Å²) in [7, 11) is 1.50. The molecule has 190 valence electrons. The van der Waals surface area contributed by atoms with Crippen molar-refractivity contribution >= 4 is 23.9 Å². The standard InChI is InChI=1S/C13H21NO3.C10H20O.C2H6.CH5N/c1-3-13(17)14(10(2)16)8-11-4-6-12(9-15)7-5-11;1-6-9(11)10(4,5)7-8(2)3;2*1-2/h9,11-12H,3-8H2,1-2H3;8H,6-7H2,1-5H3;1-2H3;2H2,1H3. The fourth-order valence-electron chi connectivity index (χ4n) is 3.97. The van der Waals surface area contributed by atoms with E-state index in [0.29, 0.717) is 37.0 Å². The summed E-state index contributed by atoms with van der Waals surface area (Å²) >= 11 is 0. The number of nitrogens with two attached hydrogens (primary N) is 1. The lowest BCUT2D eigenvalue weighted by atomic mass is 9.79. The van der Waals surface area contributed by atoms with Gasteiger partial charge in [-0.05, 0) is 51.0 Å². The van der Waals surface area contributed by atoms with Gasteiger partial charge in [0, 0.05) is 37.6 Å². The molecular weight excluding hydrogens is 404 g/mol. The quantitative estimate of drug-likeness (QED) is 0.492. The zero-order valence-electron chi connectivity index (χ0n) is 22.6. The summed E-state index contributed by atoms with van der Waals surface area (Å²) in [5.74, 6) is 1.26. The van der Waals surface area contributed by atoms with Crippen molar-refractivity contribution in [3.05, 3.63) is 0 Å². The van der Waals surface area contributed by atoms with Gasteiger partial charge >= 0.3 is 0 Å². The SMILES string of the molecule is CC.CCC(=O)C(C)(C)CC(C)C.CCC(=O)N(CC1CCC(C=O)CC1)C(C)=O.CN. The normalized spacial score (nSPS) is 17.4. The molecule has 0 unspecified atom stereocenters. The van der Waals surface area contributed by atoms with Crippen LogP contribution in [0.2, 0.25) is 0 Å². The van der Waals surface area contributed by atoms with E-state index >= 15 is 0 Å². The maximum atomic E-state index is 11.6. The van der Waals surface area contributed by atoms with Crippen molar-refractivity contribution in [1.29, 1.82) is 0 Å². The van der Waals surface area contributed by atoms with Crippen molar-refractivity contribution in [3.8, 4) is 0 Å². The third-order valence-electron chi connectivity index (χ3n) is 5.50. The molecule has 0 aromatic heterocycles. The minimum Gasteiger partial charge on any atom is -0.333 e. The maximum Gasteiger partial charge on any atom is 0.228 e. The molecule has 0 atom stereocenters. The summed E-state index contributed by atoms with van der Waals surface area (Å²) in [6.45, 7) is 18.1. The van der Waals surface area contributed by atoms with Gasteiger partial charge in [-0.1, -0.05) is 55.4 Å². The number of hydrogen-bond donors (Lipinski definition) is 1. The third-order valence-corrected chi connectivity index (χ3v) is 5.50. The van der Waals surface area contributed by atoms with E-state index in [1.165, 1.54) is 18.9 Å². The summed E-state index contributed by atoms with van der Waals surface area (Å²) in [5.41, 5.74) is 4.39. The Balaban J connectivity index is -0.000000486. The Morgan fingerprint density at radius 2 is 1.47 bits per heavy atom. The van der Waals surface area contributed by atoms with E-state index in [4.69, 9.17) is 0 Å². The van der Waals surface area contributed by atoms with Crippen LogP contribution in [0.15, 0.2) is 0 Å². The molecule has 1 saturated carbocycles. The molecule has 0 aliphatic heterocycles. The van der Waals surface area contributed by atoms with Crippen molar-refractivity contribution in [2.45, 2.75) is 107 Å². The topological polar surface area (TPSA) is 97.5 Å². The number of carbonyl (C=O) groups excluding carboxylic acids is 4. The number of ketones is 1. The molecule has 1 aliphatic rings. The lowest BCUT2D eigenvalue weighted by Crippen LogP contribution is -2.39. The van der Waals surface area contributed by atoms with Crippen LogP contribution >= 0.6 is 0 Å². The highest BCUT2D eigenvalue weighted by Gasteiger charge is 2.27. The highest BCUT2D eigenvalue weighted by molar-refractivity contribution is 5.94. The van der Waals surface area contributed by atoms with E-state index in [-0.39, 0.29) is 23.1 Å². The largest absolute Gasteiger partial charge is 0.333 e. The molecule has 2 N–H and O–H groups in total. The van der Waals surface area contributed by atoms with E-state index in [0.717, 1.165) is 38.4 Å². The van der Waals surface area contributed by atoms with Crippen molar-refractivity contribution in [1.82, 2.24) is 4.90 Å². The van der Waals surface area contributed by atoms with Gasteiger partial charge in [0.05, 0.1) is 0 Å². The molecule has 1 fully saturated rings. The molecule has 0 bridgehead atoms. The van der Waals surface area contributed by atoms with Gasteiger partial charge in [0.2, 0.25) is 11.8 Å². The third kappa shape index (κ3) is 15.3. The second kappa shape index (κ2) is 20.1. The monoisotopic (exact) mass is 456 g/mol. The zero-order chi connectivity index (χ0) is 25.9. The van der Waals surface area contributed by atoms with Crippen LogP contribution in [0.1, 0.15) is 107 Å². The van der Waals surface area contributed by atoms with Crippen molar-refractivity contribution in [2.24, 2.45) is 28.9 Å². The first-order chi connectivity index (χ1) is 15.0. The van der Waals surface area contributed by atoms with Crippen LogP contribution < -0.4 is 5.73 Å². The maximum absolute atomic E-state index is 11.6. The average molecular weight is 457 g/mol. The fourth-order valence-corrected chi connectivity index (χ4v) is 3.97. The second-order valence-corrected chi connectivity index (χ2v) is 9.05. The van der Waals surface area contributed by atoms with Gasteiger partial charge in [-0.3, -0.25) is 19.3 Å². The highest BCUT2D eigenvalue weighted by atomic mass is 16.2. The van der Waals surface area contributed by atoms with Gasteiger partial charge < -0.3 is 10.5 Å². The number of Topliss-reactive ketones (excluding diaryl/α,β-unsaturated/α-hetero) is 1. The molecule has 0 heterocycles. The highest BCUT2D eigenvalue weighted by Crippen LogP contribution is 2.28. The first-order valence-electron chi connectivity index (χ1n) is 12.4. The number of nitrogens with zero attached hydrogens (tertiary/aromatic N) is 1. The van der Waals surface area contributed by atoms with E-state index in [1.807, 2.05) is 34.6 Å². The Morgan fingerprint density at radius 1 is 1.00 bits per heavy atom. The molecule has 0 saturated heterocycles. The minimum absolute atomic E-state index is 0.102. The van der Waals surface area contributed by atoms with Crippen LogP contribution in [0.4, 0.5) is 0 Å². The molecule has 1 aliphatic carbocycles. The summed E-state index contributed by atoms with van der Waals surface area (Å²) in [6.07, 6.45) is 6.70. The molecule has 6 nitrogen and oxygen atoms in total. The molecule has 0 radical (unpaired) electrons. The molecule has 6 heteroatoms. The average Bonchev–Trinajstić information content (AvgIpc) is 2.78. The second-order valence-electron chi connectivity index (χ2n) is 9.05. The number of hydrogen-bond acceptors (Lipinski definition) is 5. The smallest absolute Gasteiger partial charge is 0.228 e. The van der Waals surface area contributed by atoms with Crippen LogP contribution in [0.25, 0.3) is 0 Å². The molecule has 0 spiro atoms. The van der Waals surface area contributed by atoms with Crippen LogP contribution in [-0.4, -0.2) is 42.4 Å². The Bertz CT molecular complexity index is 522. The molecule has 32 heavy (non-hydrogen) atoms. The van der Waals surface area contributed by atoms with E-state index in [1.54, 1.807) is 6.92 Å². The van der Waals surface area contributed by atoms with E-state index < -0.39 is 0 Å². The van der Waals surface area contributed by atoms with Crippen molar-refractivity contribution in [2.75, 3.05) is 13.6 Å². The van der Waals surface area contributed by atoms with Gasteiger partial charge in [0.15, 0.2) is 0 Å². The molecule has 0 aromatic carbocycles. The number of amides is 2. The predicted molar refractivity (Wildman–Crippen MR) is 134 cm³/mol. The molecule has 2 amide bonds. The first-order valence-corrected chi connectivity index (χ1v) is 12.4. The van der Waals surface area contributed by atoms with E-state index in [9.17, 15) is 19.2 Å². The van der Waals surface area contributed by atoms with Crippen LogP contribution in [-0.2, 0) is 19.2 Å². The number of carbonyl (C=O) groups is 4. The number of aldehydes is 1. The van der Waals surface area contributed by atoms with Crippen LogP contribution in [0.5, 0.6) is 0 Å². The van der Waals surface area contributed by atoms with Crippen molar-refractivity contribution in [3.63, 3.8) is 0 Å². The fraction of sp³-hybridized carbons (Fsp3) is 0.846. The predicted octanol–water partition coefficient (Wildman–Crippen LogP) is 5.42. The Labute approximate surface area is 198 Å². The molecular formula is C26H52N2O4. The Hall–Kier alpha value is -1.56. The summed E-state index contributed by atoms with van der Waals surface area (Å²) in [4.78, 5) is 46.3. The summed E-state index contributed by atoms with van der Waals surface area (Å²) < 4.78 is 0. The van der Waals surface area contributed by atoms with Crippen molar-refractivity contribution < 1.29 is 19.2 Å². The molecule has 0 aromatic rings. The van der Waals surface area contributed by atoms with Crippen LogP contribution in [0.3, 0.4) is 0 Å². The Kier molecular flexibility index (Phi) is 22.0. The van der Waals surface area contributed by atoms with Gasteiger partial charge in [-0.15, -0.1) is 0 Å². The van der Waals surface area contributed by atoms with Gasteiger partial charge in [0.25, 0.3) is 0 Å². The number of imide groups is 1. The summed E-state index contributed by atoms with van der Waals surface area (Å²) in [6, 6.07) is 0. The minimum atomic E-state index is -0.172. The van der Waals surface area contributed by atoms with Gasteiger partial charge in [-0.2, -0.15) is 0 Å². The number of rotatable bonds is 8. The summed E-state index contributed by atoms with van der Waals surface area (Å²) in [5, 5.41) is 0.